The molecule has 0 aliphatic carbocycles. The average molecular weight is 276 g/mol. The third-order valence-corrected chi connectivity index (χ3v) is 6.13. The lowest BCUT2D eigenvalue weighted by atomic mass is 10.1. The lowest BCUT2D eigenvalue weighted by molar-refractivity contribution is 0.101. The predicted octanol–water partition coefficient (Wildman–Crippen LogP) is -0.839. The first-order valence-electron chi connectivity index (χ1n) is 6.61. The van der Waals surface area contributed by atoms with Gasteiger partial charge in [-0.2, -0.15) is 17.0 Å². The average Bonchev–Trinajstić information content (AvgIpc) is 2.26. The molecule has 0 amide bonds. The molecule has 2 rings (SSSR count). The van der Waals surface area contributed by atoms with E-state index in [1.165, 1.54) is 4.31 Å². The van der Waals surface area contributed by atoms with Gasteiger partial charge in [0, 0.05) is 58.4 Å². The van der Waals surface area contributed by atoms with Crippen molar-refractivity contribution in [1.82, 2.24) is 18.8 Å². The minimum absolute atomic E-state index is 0.00358. The minimum atomic E-state index is -3.27. The molecule has 0 aromatic rings. The Bertz CT molecular complexity index is 373. The number of hydrogen-bond acceptors (Lipinski definition) is 4. The molecule has 0 aromatic heterocycles. The molecule has 0 atom stereocenters. The van der Waals surface area contributed by atoms with Crippen LogP contribution in [0.3, 0.4) is 0 Å². The Kier molecular flexibility index (Phi) is 4.28. The summed E-state index contributed by atoms with van der Waals surface area (Å²) in [5.74, 6) is 0. The van der Waals surface area contributed by atoms with Crippen molar-refractivity contribution in [3.05, 3.63) is 0 Å². The maximum Gasteiger partial charge on any atom is 0.282 e. The van der Waals surface area contributed by atoms with Crippen LogP contribution in [0.5, 0.6) is 0 Å². The van der Waals surface area contributed by atoms with Gasteiger partial charge in [-0.3, -0.25) is 4.90 Å². The molecule has 2 heterocycles. The van der Waals surface area contributed by atoms with Crippen molar-refractivity contribution in [1.29, 1.82) is 0 Å². The lowest BCUT2D eigenvalue weighted by Gasteiger charge is -2.43. The van der Waals surface area contributed by atoms with Crippen LogP contribution < -0.4 is 5.32 Å². The molecule has 0 aromatic carbocycles. The highest BCUT2D eigenvalue weighted by Gasteiger charge is 2.34. The van der Waals surface area contributed by atoms with Crippen LogP contribution in [0, 0.1) is 0 Å². The maximum absolute atomic E-state index is 12.3. The van der Waals surface area contributed by atoms with Gasteiger partial charge >= 0.3 is 0 Å². The molecule has 2 saturated heterocycles. The van der Waals surface area contributed by atoms with Gasteiger partial charge in [-0.15, -0.1) is 0 Å². The molecule has 2 fully saturated rings. The Labute approximate surface area is 110 Å². The first kappa shape index (κ1) is 14.2. The zero-order valence-corrected chi connectivity index (χ0v) is 12.3. The van der Waals surface area contributed by atoms with Crippen molar-refractivity contribution < 1.29 is 8.42 Å². The fourth-order valence-corrected chi connectivity index (χ4v) is 3.80. The van der Waals surface area contributed by atoms with Gasteiger partial charge in [0.05, 0.1) is 0 Å². The highest BCUT2D eigenvalue weighted by atomic mass is 32.2. The second-order valence-electron chi connectivity index (χ2n) is 5.36. The van der Waals surface area contributed by atoms with Crippen LogP contribution in [0.2, 0.25) is 0 Å². The topological polar surface area (TPSA) is 55.9 Å². The van der Waals surface area contributed by atoms with Gasteiger partial charge in [-0.25, -0.2) is 0 Å². The molecular formula is C11H24N4O2S. The third kappa shape index (κ3) is 2.70. The number of rotatable bonds is 4. The van der Waals surface area contributed by atoms with Gasteiger partial charge in [0.2, 0.25) is 0 Å². The molecule has 7 heteroatoms. The monoisotopic (exact) mass is 276 g/mol. The summed E-state index contributed by atoms with van der Waals surface area (Å²) < 4.78 is 27.7. The van der Waals surface area contributed by atoms with E-state index >= 15 is 0 Å². The number of nitrogens with zero attached hydrogens (tertiary/aromatic N) is 3. The molecule has 2 aliphatic rings. The summed E-state index contributed by atoms with van der Waals surface area (Å²) in [5, 5.41) is 3.25. The molecular weight excluding hydrogens is 252 g/mol. The number of nitrogens with one attached hydrogen (secondary N) is 1. The SMILES string of the molecule is CC(C)N(C)S(=O)(=O)N1CCN(C2CNC2)CC1. The van der Waals surface area contributed by atoms with Crippen molar-refractivity contribution >= 4 is 10.2 Å². The van der Waals surface area contributed by atoms with Gasteiger partial charge < -0.3 is 5.32 Å². The minimum Gasteiger partial charge on any atom is -0.314 e. The van der Waals surface area contributed by atoms with E-state index in [0.29, 0.717) is 19.1 Å². The standard InChI is InChI=1S/C11H24N4O2S/c1-10(2)13(3)18(16,17)15-6-4-14(5-7-15)11-8-12-9-11/h10-12H,4-9H2,1-3H3. The second-order valence-corrected chi connectivity index (χ2v) is 7.35. The fourth-order valence-electron chi connectivity index (χ4n) is 2.28. The van der Waals surface area contributed by atoms with E-state index in [1.807, 2.05) is 13.8 Å². The van der Waals surface area contributed by atoms with Crippen molar-refractivity contribution in [2.45, 2.75) is 25.9 Å². The number of piperazine rings is 1. The van der Waals surface area contributed by atoms with Crippen LogP contribution in [0.4, 0.5) is 0 Å². The van der Waals surface area contributed by atoms with Crippen molar-refractivity contribution in [3.63, 3.8) is 0 Å². The highest BCUT2D eigenvalue weighted by molar-refractivity contribution is 7.86. The van der Waals surface area contributed by atoms with E-state index in [0.717, 1.165) is 26.2 Å². The predicted molar refractivity (Wildman–Crippen MR) is 71.6 cm³/mol. The van der Waals surface area contributed by atoms with Gasteiger partial charge in [0.1, 0.15) is 0 Å². The maximum atomic E-state index is 12.3. The van der Waals surface area contributed by atoms with E-state index in [4.69, 9.17) is 0 Å². The summed E-state index contributed by atoms with van der Waals surface area (Å²) in [7, 11) is -1.62. The van der Waals surface area contributed by atoms with E-state index in [9.17, 15) is 8.42 Å². The van der Waals surface area contributed by atoms with Gasteiger partial charge in [-0.05, 0) is 13.8 Å². The summed E-state index contributed by atoms with van der Waals surface area (Å²) in [6.45, 7) is 8.78. The van der Waals surface area contributed by atoms with E-state index in [2.05, 4.69) is 10.2 Å². The van der Waals surface area contributed by atoms with Crippen molar-refractivity contribution in [3.8, 4) is 0 Å². The van der Waals surface area contributed by atoms with Crippen molar-refractivity contribution in [2.24, 2.45) is 0 Å². The Morgan fingerprint density at radius 1 is 1.17 bits per heavy atom. The molecule has 106 valence electrons. The largest absolute Gasteiger partial charge is 0.314 e. The molecule has 0 unspecified atom stereocenters. The molecule has 0 spiro atoms. The normalized spacial score (nSPS) is 24.7. The highest BCUT2D eigenvalue weighted by Crippen LogP contribution is 2.15. The zero-order valence-electron chi connectivity index (χ0n) is 11.5. The molecule has 2 aliphatic heterocycles. The van der Waals surface area contributed by atoms with Crippen LogP contribution in [-0.2, 0) is 10.2 Å². The van der Waals surface area contributed by atoms with E-state index in [1.54, 1.807) is 11.4 Å². The van der Waals surface area contributed by atoms with Crippen LogP contribution in [-0.4, -0.2) is 80.3 Å². The zero-order chi connectivity index (χ0) is 13.3. The van der Waals surface area contributed by atoms with Gasteiger partial charge in [-0.1, -0.05) is 0 Å². The molecule has 18 heavy (non-hydrogen) atoms. The summed E-state index contributed by atoms with van der Waals surface area (Å²) in [6, 6.07) is 0.613. The van der Waals surface area contributed by atoms with Crippen molar-refractivity contribution in [2.75, 3.05) is 46.3 Å². The van der Waals surface area contributed by atoms with Crippen LogP contribution in [0.15, 0.2) is 0 Å². The van der Waals surface area contributed by atoms with Gasteiger partial charge in [0.15, 0.2) is 0 Å². The van der Waals surface area contributed by atoms with Crippen LogP contribution in [0.25, 0.3) is 0 Å². The van der Waals surface area contributed by atoms with Gasteiger partial charge in [0.25, 0.3) is 10.2 Å². The van der Waals surface area contributed by atoms with E-state index in [-0.39, 0.29) is 6.04 Å². The molecule has 6 nitrogen and oxygen atoms in total. The smallest absolute Gasteiger partial charge is 0.282 e. The summed E-state index contributed by atoms with van der Waals surface area (Å²) in [6.07, 6.45) is 0. The van der Waals surface area contributed by atoms with Crippen LogP contribution in [0.1, 0.15) is 13.8 Å². The lowest BCUT2D eigenvalue weighted by Crippen LogP contribution is -2.62. The molecule has 0 saturated carbocycles. The Morgan fingerprint density at radius 3 is 2.11 bits per heavy atom. The molecule has 0 bridgehead atoms. The Morgan fingerprint density at radius 2 is 1.72 bits per heavy atom. The summed E-state index contributed by atoms with van der Waals surface area (Å²) in [5.41, 5.74) is 0. The van der Waals surface area contributed by atoms with Crippen LogP contribution >= 0.6 is 0 Å². The first-order valence-corrected chi connectivity index (χ1v) is 8.00. The Hall–Kier alpha value is -0.210. The second kappa shape index (κ2) is 5.42. The molecule has 1 N–H and O–H groups in total. The first-order chi connectivity index (χ1) is 8.43. The third-order valence-electron chi connectivity index (χ3n) is 3.97. The summed E-state index contributed by atoms with van der Waals surface area (Å²) in [4.78, 5) is 2.39. The molecule has 0 radical (unpaired) electrons. The summed E-state index contributed by atoms with van der Waals surface area (Å²) >= 11 is 0. The number of hydrogen-bond donors (Lipinski definition) is 1. The quantitative estimate of drug-likeness (QED) is 0.727. The van der Waals surface area contributed by atoms with E-state index < -0.39 is 10.2 Å². The Balaban J connectivity index is 1.92. The fraction of sp³-hybridized carbons (Fsp3) is 1.00.